The van der Waals surface area contributed by atoms with Gasteiger partial charge in [0.25, 0.3) is 6.43 Å². The van der Waals surface area contributed by atoms with Crippen molar-refractivity contribution >= 4 is 0 Å². The number of alkyl halides is 2. The number of hydrogen-bond acceptors (Lipinski definition) is 3. The summed E-state index contributed by atoms with van der Waals surface area (Å²) < 4.78 is 34.8. The first kappa shape index (κ1) is 11.7. The fourth-order valence-corrected chi connectivity index (χ4v) is 1.24. The average Bonchev–Trinajstić information content (AvgIpc) is 2.27. The predicted octanol–water partition coefficient (Wildman–Crippen LogP) is 1.97. The Hall–Kier alpha value is -1.36. The Morgan fingerprint density at radius 2 is 1.87 bits per heavy atom. The van der Waals surface area contributed by atoms with E-state index < -0.39 is 12.5 Å². The van der Waals surface area contributed by atoms with Crippen molar-refractivity contribution in [2.24, 2.45) is 5.73 Å². The third-order valence-corrected chi connectivity index (χ3v) is 2.07. The highest BCUT2D eigenvalue weighted by atomic mass is 19.3. The maximum Gasteiger partial charge on any atom is 0.257 e. The van der Waals surface area contributed by atoms with Crippen LogP contribution in [0.15, 0.2) is 18.2 Å². The first-order valence-corrected chi connectivity index (χ1v) is 4.35. The second-order valence-corrected chi connectivity index (χ2v) is 2.97. The molecule has 5 heteroatoms. The van der Waals surface area contributed by atoms with Gasteiger partial charge in [-0.1, -0.05) is 0 Å². The van der Waals surface area contributed by atoms with E-state index in [1.807, 2.05) is 0 Å². The molecule has 0 amide bonds. The van der Waals surface area contributed by atoms with Crippen molar-refractivity contribution in [3.05, 3.63) is 23.8 Å². The van der Waals surface area contributed by atoms with E-state index in [1.165, 1.54) is 20.3 Å². The lowest BCUT2D eigenvalue weighted by molar-refractivity contribution is 0.115. The lowest BCUT2D eigenvalue weighted by Gasteiger charge is -2.15. The Labute approximate surface area is 86.8 Å². The molecule has 1 aromatic rings. The molecule has 1 aromatic carbocycles. The summed E-state index contributed by atoms with van der Waals surface area (Å²) in [6.07, 6.45) is -2.63. The minimum Gasteiger partial charge on any atom is -0.497 e. The number of halogens is 2. The van der Waals surface area contributed by atoms with E-state index in [9.17, 15) is 8.78 Å². The summed E-state index contributed by atoms with van der Waals surface area (Å²) >= 11 is 0. The van der Waals surface area contributed by atoms with Gasteiger partial charge in [-0.3, -0.25) is 0 Å². The topological polar surface area (TPSA) is 44.5 Å². The molecule has 1 atom stereocenters. The predicted molar refractivity (Wildman–Crippen MR) is 52.5 cm³/mol. The largest absolute Gasteiger partial charge is 0.497 e. The van der Waals surface area contributed by atoms with Crippen LogP contribution < -0.4 is 15.2 Å². The van der Waals surface area contributed by atoms with Crippen LogP contribution in [0.5, 0.6) is 11.5 Å². The summed E-state index contributed by atoms with van der Waals surface area (Å²) in [6, 6.07) is 3.27. The summed E-state index contributed by atoms with van der Waals surface area (Å²) in [5.74, 6) is 0.811. The van der Waals surface area contributed by atoms with Gasteiger partial charge in [-0.15, -0.1) is 0 Å². The molecule has 0 saturated carbocycles. The number of hydrogen-bond donors (Lipinski definition) is 1. The number of methoxy groups -OCH3 is 2. The van der Waals surface area contributed by atoms with Gasteiger partial charge in [-0.05, 0) is 18.2 Å². The van der Waals surface area contributed by atoms with Crippen molar-refractivity contribution in [2.45, 2.75) is 12.5 Å². The van der Waals surface area contributed by atoms with Gasteiger partial charge in [-0.25, -0.2) is 8.78 Å². The molecule has 0 heterocycles. The molecule has 0 bridgehead atoms. The molecular formula is C10H13F2NO2. The van der Waals surface area contributed by atoms with Gasteiger partial charge >= 0.3 is 0 Å². The zero-order chi connectivity index (χ0) is 11.4. The van der Waals surface area contributed by atoms with Crippen molar-refractivity contribution in [1.82, 2.24) is 0 Å². The van der Waals surface area contributed by atoms with Crippen LogP contribution in [0.3, 0.4) is 0 Å². The van der Waals surface area contributed by atoms with Crippen LogP contribution in [0.1, 0.15) is 11.6 Å². The quantitative estimate of drug-likeness (QED) is 0.838. The molecule has 0 aromatic heterocycles. The lowest BCUT2D eigenvalue weighted by Crippen LogP contribution is -2.19. The highest BCUT2D eigenvalue weighted by molar-refractivity contribution is 5.42. The van der Waals surface area contributed by atoms with Crippen LogP contribution >= 0.6 is 0 Å². The van der Waals surface area contributed by atoms with E-state index in [0.29, 0.717) is 11.5 Å². The third kappa shape index (κ3) is 2.56. The smallest absolute Gasteiger partial charge is 0.257 e. The fourth-order valence-electron chi connectivity index (χ4n) is 1.24. The number of benzene rings is 1. The second-order valence-electron chi connectivity index (χ2n) is 2.97. The van der Waals surface area contributed by atoms with Gasteiger partial charge in [0.1, 0.15) is 11.5 Å². The molecule has 1 rings (SSSR count). The highest BCUT2D eigenvalue weighted by Crippen LogP contribution is 2.30. The standard InChI is InChI=1S/C10H13F2NO2/c1-14-6-3-4-8(15-2)7(5-6)9(13)10(11)12/h3-5,9-10H,13H2,1-2H3. The average molecular weight is 217 g/mol. The first-order valence-electron chi connectivity index (χ1n) is 4.35. The number of nitrogens with two attached hydrogens (primary N) is 1. The van der Waals surface area contributed by atoms with E-state index in [0.717, 1.165) is 0 Å². The normalized spacial score (nSPS) is 12.7. The van der Waals surface area contributed by atoms with Crippen molar-refractivity contribution in [3.8, 4) is 11.5 Å². The van der Waals surface area contributed by atoms with E-state index >= 15 is 0 Å². The minimum absolute atomic E-state index is 0.242. The van der Waals surface area contributed by atoms with Crippen LogP contribution in [0.2, 0.25) is 0 Å². The van der Waals surface area contributed by atoms with E-state index in [4.69, 9.17) is 15.2 Å². The van der Waals surface area contributed by atoms with Gasteiger partial charge in [0.15, 0.2) is 0 Å². The Morgan fingerprint density at radius 3 is 2.33 bits per heavy atom. The summed E-state index contributed by atoms with van der Waals surface area (Å²) in [6.45, 7) is 0. The number of ether oxygens (including phenoxy) is 2. The molecule has 3 nitrogen and oxygen atoms in total. The molecular weight excluding hydrogens is 204 g/mol. The molecule has 0 spiro atoms. The van der Waals surface area contributed by atoms with E-state index in [2.05, 4.69) is 0 Å². The van der Waals surface area contributed by atoms with Crippen LogP contribution in [0, 0.1) is 0 Å². The molecule has 15 heavy (non-hydrogen) atoms. The summed E-state index contributed by atoms with van der Waals surface area (Å²) in [7, 11) is 2.86. The molecule has 2 N–H and O–H groups in total. The van der Waals surface area contributed by atoms with Gasteiger partial charge in [0.2, 0.25) is 0 Å². The van der Waals surface area contributed by atoms with Gasteiger partial charge < -0.3 is 15.2 Å². The van der Waals surface area contributed by atoms with Gasteiger partial charge in [0.05, 0.1) is 20.3 Å². The van der Waals surface area contributed by atoms with Crippen molar-refractivity contribution < 1.29 is 18.3 Å². The Kier molecular flexibility index (Phi) is 3.85. The molecule has 0 fully saturated rings. The van der Waals surface area contributed by atoms with Gasteiger partial charge in [0, 0.05) is 5.56 Å². The van der Waals surface area contributed by atoms with Crippen LogP contribution in [-0.4, -0.2) is 20.6 Å². The van der Waals surface area contributed by atoms with E-state index in [1.54, 1.807) is 12.1 Å². The van der Waals surface area contributed by atoms with Crippen LogP contribution in [-0.2, 0) is 0 Å². The summed E-state index contributed by atoms with van der Waals surface area (Å²) in [5, 5.41) is 0. The van der Waals surface area contributed by atoms with Crippen molar-refractivity contribution in [2.75, 3.05) is 14.2 Å². The van der Waals surface area contributed by atoms with Crippen molar-refractivity contribution in [3.63, 3.8) is 0 Å². The molecule has 0 aliphatic carbocycles. The Morgan fingerprint density at radius 1 is 1.20 bits per heavy atom. The Bertz CT molecular complexity index is 331. The van der Waals surface area contributed by atoms with Crippen LogP contribution in [0.25, 0.3) is 0 Å². The summed E-state index contributed by atoms with van der Waals surface area (Å²) in [5.41, 5.74) is 5.59. The molecule has 0 aliphatic rings. The third-order valence-electron chi connectivity index (χ3n) is 2.07. The first-order chi connectivity index (χ1) is 7.10. The summed E-state index contributed by atoms with van der Waals surface area (Å²) in [4.78, 5) is 0. The van der Waals surface area contributed by atoms with Crippen LogP contribution in [0.4, 0.5) is 8.78 Å². The fraction of sp³-hybridized carbons (Fsp3) is 0.400. The molecule has 0 aliphatic heterocycles. The highest BCUT2D eigenvalue weighted by Gasteiger charge is 2.21. The maximum atomic E-state index is 12.4. The molecule has 84 valence electrons. The van der Waals surface area contributed by atoms with E-state index in [-0.39, 0.29) is 5.56 Å². The SMILES string of the molecule is COc1ccc(OC)c(C(N)C(F)F)c1. The zero-order valence-electron chi connectivity index (χ0n) is 8.54. The molecule has 1 unspecified atom stereocenters. The zero-order valence-corrected chi connectivity index (χ0v) is 8.54. The second kappa shape index (κ2) is 4.93. The number of rotatable bonds is 4. The Balaban J connectivity index is 3.11. The van der Waals surface area contributed by atoms with Crippen molar-refractivity contribution in [1.29, 1.82) is 0 Å². The molecule has 0 saturated heterocycles. The minimum atomic E-state index is -2.63. The van der Waals surface area contributed by atoms with Gasteiger partial charge in [-0.2, -0.15) is 0 Å². The lowest BCUT2D eigenvalue weighted by atomic mass is 10.1. The monoisotopic (exact) mass is 217 g/mol. The maximum absolute atomic E-state index is 12.4. The molecule has 0 radical (unpaired) electrons.